The number of alkyl carbamates (subject to hydrolysis) is 1. The predicted molar refractivity (Wildman–Crippen MR) is 80.8 cm³/mol. The first-order valence-corrected chi connectivity index (χ1v) is 7.72. The molecule has 0 heterocycles. The molecule has 1 amide bonds. The molecule has 22 heavy (non-hydrogen) atoms. The van der Waals surface area contributed by atoms with E-state index in [1.807, 2.05) is 0 Å². The minimum atomic E-state index is -1.19. The monoisotopic (exact) mass is 310 g/mol. The molecule has 1 saturated carbocycles. The van der Waals surface area contributed by atoms with Crippen LogP contribution in [0.15, 0.2) is 0 Å². The normalized spacial score (nSPS) is 18.5. The Hall–Kier alpha value is -1.77. The maximum Gasteiger partial charge on any atom is 0.407 e. The fraction of sp³-hybridized carbons (Fsp3) is 0.812. The minimum Gasteiger partial charge on any atom is -0.465 e. The van der Waals surface area contributed by atoms with Crippen LogP contribution in [-0.4, -0.2) is 30.8 Å². The number of carbonyl (C=O) groups is 2. The van der Waals surface area contributed by atoms with Crippen LogP contribution in [-0.2, 0) is 14.3 Å². The number of hydrogen-bond donors (Lipinski definition) is 1. The van der Waals surface area contributed by atoms with E-state index in [4.69, 9.17) is 9.47 Å². The van der Waals surface area contributed by atoms with Gasteiger partial charge in [-0.05, 0) is 46.5 Å². The van der Waals surface area contributed by atoms with E-state index in [0.29, 0.717) is 0 Å². The quantitative estimate of drug-likeness (QED) is 0.762. The molecule has 0 aromatic carbocycles. The van der Waals surface area contributed by atoms with Crippen LogP contribution in [0.2, 0.25) is 0 Å². The van der Waals surface area contributed by atoms with Gasteiger partial charge in [0.25, 0.3) is 0 Å². The highest BCUT2D eigenvalue weighted by Crippen LogP contribution is 2.50. The second-order valence-corrected chi connectivity index (χ2v) is 6.76. The second-order valence-electron chi connectivity index (χ2n) is 6.76. The Labute approximate surface area is 132 Å². The highest BCUT2D eigenvalue weighted by atomic mass is 16.6. The van der Waals surface area contributed by atoms with Crippen LogP contribution in [0.4, 0.5) is 4.79 Å². The number of rotatable bonds is 6. The van der Waals surface area contributed by atoms with Crippen molar-refractivity contribution in [1.82, 2.24) is 5.32 Å². The van der Waals surface area contributed by atoms with Crippen LogP contribution in [0.25, 0.3) is 0 Å². The highest BCUT2D eigenvalue weighted by Gasteiger charge is 2.56. The summed E-state index contributed by atoms with van der Waals surface area (Å²) in [6.07, 6.45) is 1.12. The smallest absolute Gasteiger partial charge is 0.407 e. The zero-order valence-electron chi connectivity index (χ0n) is 14.1. The molecule has 1 fully saturated rings. The summed E-state index contributed by atoms with van der Waals surface area (Å²) >= 11 is 0. The number of nitriles is 1. The summed E-state index contributed by atoms with van der Waals surface area (Å²) in [5, 5.41) is 12.2. The average Bonchev–Trinajstić information content (AvgIpc) is 3.21. The van der Waals surface area contributed by atoms with Crippen molar-refractivity contribution >= 4 is 12.1 Å². The second kappa shape index (κ2) is 6.99. The largest absolute Gasteiger partial charge is 0.465 e. The Bertz CT molecular complexity index is 460. The molecule has 0 aromatic heterocycles. The van der Waals surface area contributed by atoms with E-state index in [1.54, 1.807) is 34.6 Å². The van der Waals surface area contributed by atoms with Gasteiger partial charge in [0.15, 0.2) is 5.41 Å². The summed E-state index contributed by atoms with van der Waals surface area (Å²) < 4.78 is 10.3. The number of esters is 1. The minimum absolute atomic E-state index is 0.00647. The lowest BCUT2D eigenvalue weighted by Gasteiger charge is -2.31. The fourth-order valence-electron chi connectivity index (χ4n) is 2.52. The lowest BCUT2D eigenvalue weighted by molar-refractivity contribution is -0.156. The van der Waals surface area contributed by atoms with Crippen molar-refractivity contribution < 1.29 is 19.1 Å². The van der Waals surface area contributed by atoms with Crippen molar-refractivity contribution in [2.75, 3.05) is 13.2 Å². The zero-order chi connectivity index (χ0) is 17.0. The fourth-order valence-corrected chi connectivity index (χ4v) is 2.52. The molecule has 0 aliphatic heterocycles. The van der Waals surface area contributed by atoms with Crippen molar-refractivity contribution in [1.29, 1.82) is 5.26 Å². The Kier molecular flexibility index (Phi) is 5.81. The van der Waals surface area contributed by atoms with E-state index >= 15 is 0 Å². The average molecular weight is 310 g/mol. The molecule has 1 N–H and O–H groups in total. The summed E-state index contributed by atoms with van der Waals surface area (Å²) in [4.78, 5) is 24.0. The van der Waals surface area contributed by atoms with E-state index in [1.165, 1.54) is 0 Å². The van der Waals surface area contributed by atoms with Crippen molar-refractivity contribution in [3.8, 4) is 6.07 Å². The molecule has 1 rings (SSSR count). The van der Waals surface area contributed by atoms with Gasteiger partial charge in [0, 0.05) is 12.5 Å². The Morgan fingerprint density at radius 1 is 1.36 bits per heavy atom. The van der Waals surface area contributed by atoms with Crippen molar-refractivity contribution in [2.24, 2.45) is 17.3 Å². The van der Waals surface area contributed by atoms with Gasteiger partial charge in [0.2, 0.25) is 0 Å². The van der Waals surface area contributed by atoms with Gasteiger partial charge in [-0.3, -0.25) is 4.79 Å². The van der Waals surface area contributed by atoms with Gasteiger partial charge in [-0.15, -0.1) is 0 Å². The Balaban J connectivity index is 2.74. The third-order valence-corrected chi connectivity index (χ3v) is 3.75. The number of amides is 1. The van der Waals surface area contributed by atoms with Crippen LogP contribution in [0.3, 0.4) is 0 Å². The van der Waals surface area contributed by atoms with E-state index in [2.05, 4.69) is 11.4 Å². The molecule has 1 unspecified atom stereocenters. The number of ether oxygens (including phenoxy) is 2. The van der Waals surface area contributed by atoms with E-state index in [0.717, 1.165) is 12.8 Å². The third-order valence-electron chi connectivity index (χ3n) is 3.75. The molecule has 1 aliphatic carbocycles. The van der Waals surface area contributed by atoms with Crippen LogP contribution in [0, 0.1) is 28.6 Å². The van der Waals surface area contributed by atoms with Crippen molar-refractivity contribution in [3.63, 3.8) is 0 Å². The van der Waals surface area contributed by atoms with Crippen molar-refractivity contribution in [2.45, 2.75) is 53.1 Å². The summed E-state index contributed by atoms with van der Waals surface area (Å²) in [5.41, 5.74) is -1.78. The molecule has 6 heteroatoms. The van der Waals surface area contributed by atoms with Gasteiger partial charge in [0.05, 0.1) is 12.7 Å². The molecule has 0 bridgehead atoms. The Morgan fingerprint density at radius 2 is 1.95 bits per heavy atom. The first-order chi connectivity index (χ1) is 10.2. The first-order valence-electron chi connectivity index (χ1n) is 7.72. The molecule has 0 aromatic rings. The molecule has 0 radical (unpaired) electrons. The number of nitrogens with zero attached hydrogens (tertiary/aromatic N) is 1. The van der Waals surface area contributed by atoms with Gasteiger partial charge in [0.1, 0.15) is 5.60 Å². The molecule has 0 spiro atoms. The van der Waals surface area contributed by atoms with Crippen molar-refractivity contribution in [3.05, 3.63) is 0 Å². The molecule has 1 aliphatic rings. The van der Waals surface area contributed by atoms with E-state index in [9.17, 15) is 14.9 Å². The summed E-state index contributed by atoms with van der Waals surface area (Å²) in [6.45, 7) is 9.26. The van der Waals surface area contributed by atoms with Crippen LogP contribution in [0.1, 0.15) is 47.5 Å². The Morgan fingerprint density at radius 3 is 2.36 bits per heavy atom. The van der Waals surface area contributed by atoms with Gasteiger partial charge in [-0.2, -0.15) is 5.26 Å². The molecule has 0 saturated heterocycles. The maximum absolute atomic E-state index is 12.3. The molecular formula is C16H26N2O4. The highest BCUT2D eigenvalue weighted by molar-refractivity contribution is 5.81. The van der Waals surface area contributed by atoms with Gasteiger partial charge in [-0.1, -0.05) is 6.92 Å². The topological polar surface area (TPSA) is 88.4 Å². The molecular weight excluding hydrogens is 284 g/mol. The van der Waals surface area contributed by atoms with Crippen LogP contribution >= 0.6 is 0 Å². The molecule has 2 atom stereocenters. The van der Waals surface area contributed by atoms with Gasteiger partial charge >= 0.3 is 12.1 Å². The summed E-state index contributed by atoms with van der Waals surface area (Å²) in [6, 6.07) is 2.17. The first kappa shape index (κ1) is 18.3. The van der Waals surface area contributed by atoms with Gasteiger partial charge in [-0.25, -0.2) is 4.79 Å². The molecule has 124 valence electrons. The van der Waals surface area contributed by atoms with E-state index in [-0.39, 0.29) is 25.0 Å². The third kappa shape index (κ3) is 4.36. The summed E-state index contributed by atoms with van der Waals surface area (Å²) in [5.74, 6) is -0.831. The van der Waals surface area contributed by atoms with Crippen LogP contribution < -0.4 is 5.32 Å². The number of carbonyl (C=O) groups excluding carboxylic acids is 2. The van der Waals surface area contributed by atoms with Gasteiger partial charge < -0.3 is 14.8 Å². The predicted octanol–water partition coefficient (Wildman–Crippen LogP) is 2.63. The maximum atomic E-state index is 12.3. The number of hydrogen-bond acceptors (Lipinski definition) is 5. The standard InChI is InChI=1S/C16H26N2O4/c1-6-21-13(19)16(10-17,12-7-8-12)11(2)9-18-14(20)22-15(3,4)5/h11-12H,6-9H2,1-5H3,(H,18,20)/t11-,16?/m1/s1. The SMILES string of the molecule is CCOC(=O)C(C#N)(C1CC1)[C@H](C)CNC(=O)OC(C)(C)C. The van der Waals surface area contributed by atoms with E-state index < -0.39 is 23.1 Å². The lowest BCUT2D eigenvalue weighted by atomic mass is 9.73. The summed E-state index contributed by atoms with van der Waals surface area (Å²) in [7, 11) is 0. The lowest BCUT2D eigenvalue weighted by Crippen LogP contribution is -2.45. The number of nitrogens with one attached hydrogen (secondary N) is 1. The zero-order valence-corrected chi connectivity index (χ0v) is 14.1. The molecule has 6 nitrogen and oxygen atoms in total. The van der Waals surface area contributed by atoms with Crippen LogP contribution in [0.5, 0.6) is 0 Å².